The minimum atomic E-state index is -0.282. The minimum Gasteiger partial charge on any atom is -0.478 e. The molecule has 0 saturated carbocycles. The highest BCUT2D eigenvalue weighted by atomic mass is 16.5. The normalized spacial score (nSPS) is 12.5. The molecule has 1 aromatic heterocycles. The van der Waals surface area contributed by atoms with Gasteiger partial charge in [-0.15, -0.1) is 0 Å². The van der Waals surface area contributed by atoms with Gasteiger partial charge in [0.25, 0.3) is 0 Å². The lowest BCUT2D eigenvalue weighted by Crippen LogP contribution is -2.19. The molecule has 96 valence electrons. The van der Waals surface area contributed by atoms with E-state index < -0.39 is 0 Å². The van der Waals surface area contributed by atoms with Gasteiger partial charge >= 0.3 is 0 Å². The van der Waals surface area contributed by atoms with Crippen molar-refractivity contribution in [2.24, 2.45) is 5.92 Å². The number of anilines is 1. The Morgan fingerprint density at radius 3 is 2.82 bits per heavy atom. The largest absolute Gasteiger partial charge is 0.478 e. The monoisotopic (exact) mass is 239 g/mol. The summed E-state index contributed by atoms with van der Waals surface area (Å²) in [6, 6.07) is 1.76. The lowest BCUT2D eigenvalue weighted by atomic mass is 10.0. The van der Waals surface area contributed by atoms with Crippen molar-refractivity contribution < 1.29 is 9.84 Å². The number of aliphatic hydroxyl groups is 1. The van der Waals surface area contributed by atoms with Crippen LogP contribution in [0.1, 0.15) is 27.2 Å². The first-order valence-corrected chi connectivity index (χ1v) is 6.00. The van der Waals surface area contributed by atoms with E-state index in [4.69, 9.17) is 4.74 Å². The van der Waals surface area contributed by atoms with E-state index in [1.54, 1.807) is 6.07 Å². The number of hydrogen-bond acceptors (Lipinski definition) is 5. The fourth-order valence-electron chi connectivity index (χ4n) is 1.34. The summed E-state index contributed by atoms with van der Waals surface area (Å²) in [5.41, 5.74) is 0. The Labute approximate surface area is 102 Å². The van der Waals surface area contributed by atoms with Crippen molar-refractivity contribution in [1.29, 1.82) is 0 Å². The van der Waals surface area contributed by atoms with Crippen molar-refractivity contribution in [2.45, 2.75) is 33.3 Å². The SMILES string of the molecule is CCOc1cc(NCCC(O)C(C)C)ncn1. The van der Waals surface area contributed by atoms with Crippen LogP contribution in [0.25, 0.3) is 0 Å². The highest BCUT2D eigenvalue weighted by Crippen LogP contribution is 2.11. The van der Waals surface area contributed by atoms with E-state index in [-0.39, 0.29) is 12.0 Å². The molecule has 17 heavy (non-hydrogen) atoms. The van der Waals surface area contributed by atoms with Crippen molar-refractivity contribution in [2.75, 3.05) is 18.5 Å². The lowest BCUT2D eigenvalue weighted by molar-refractivity contribution is 0.120. The number of rotatable bonds is 7. The Bertz CT molecular complexity index is 331. The maximum atomic E-state index is 9.65. The van der Waals surface area contributed by atoms with Gasteiger partial charge in [0.1, 0.15) is 12.1 Å². The molecule has 0 aromatic carbocycles. The first-order chi connectivity index (χ1) is 8.13. The van der Waals surface area contributed by atoms with Gasteiger partial charge in [-0.2, -0.15) is 0 Å². The number of ether oxygens (including phenoxy) is 1. The molecule has 1 rings (SSSR count). The van der Waals surface area contributed by atoms with Gasteiger partial charge in [0.15, 0.2) is 0 Å². The molecule has 0 fully saturated rings. The summed E-state index contributed by atoms with van der Waals surface area (Å²) in [4.78, 5) is 8.06. The van der Waals surface area contributed by atoms with E-state index in [0.717, 1.165) is 5.82 Å². The van der Waals surface area contributed by atoms with Gasteiger partial charge in [-0.05, 0) is 19.3 Å². The van der Waals surface area contributed by atoms with Gasteiger partial charge < -0.3 is 15.2 Å². The summed E-state index contributed by atoms with van der Waals surface area (Å²) in [6.07, 6.45) is 1.88. The van der Waals surface area contributed by atoms with Crippen molar-refractivity contribution >= 4 is 5.82 Å². The van der Waals surface area contributed by atoms with E-state index in [1.807, 2.05) is 20.8 Å². The van der Waals surface area contributed by atoms with E-state index in [1.165, 1.54) is 6.33 Å². The van der Waals surface area contributed by atoms with Crippen LogP contribution < -0.4 is 10.1 Å². The molecule has 0 bridgehead atoms. The molecule has 0 spiro atoms. The van der Waals surface area contributed by atoms with Gasteiger partial charge in [-0.25, -0.2) is 9.97 Å². The third-order valence-electron chi connectivity index (χ3n) is 2.45. The average molecular weight is 239 g/mol. The number of hydrogen-bond donors (Lipinski definition) is 2. The molecule has 2 N–H and O–H groups in total. The molecular weight excluding hydrogens is 218 g/mol. The van der Waals surface area contributed by atoms with Crippen LogP contribution in [-0.2, 0) is 0 Å². The van der Waals surface area contributed by atoms with Gasteiger partial charge in [0.05, 0.1) is 12.7 Å². The van der Waals surface area contributed by atoms with Crippen molar-refractivity contribution in [3.8, 4) is 5.88 Å². The smallest absolute Gasteiger partial charge is 0.218 e. The molecule has 0 aliphatic carbocycles. The second-order valence-electron chi connectivity index (χ2n) is 4.20. The zero-order valence-corrected chi connectivity index (χ0v) is 10.7. The topological polar surface area (TPSA) is 67.3 Å². The average Bonchev–Trinajstić information content (AvgIpc) is 2.29. The molecule has 5 heteroatoms. The summed E-state index contributed by atoms with van der Waals surface area (Å²) < 4.78 is 5.27. The quantitative estimate of drug-likeness (QED) is 0.758. The Hall–Kier alpha value is -1.36. The summed E-state index contributed by atoms with van der Waals surface area (Å²) in [7, 11) is 0. The summed E-state index contributed by atoms with van der Waals surface area (Å²) >= 11 is 0. The molecule has 1 atom stereocenters. The van der Waals surface area contributed by atoms with Crippen LogP contribution in [0.3, 0.4) is 0 Å². The number of nitrogens with zero attached hydrogens (tertiary/aromatic N) is 2. The lowest BCUT2D eigenvalue weighted by Gasteiger charge is -2.14. The van der Waals surface area contributed by atoms with Crippen LogP contribution in [0.15, 0.2) is 12.4 Å². The molecule has 1 aromatic rings. The van der Waals surface area contributed by atoms with E-state index in [9.17, 15) is 5.11 Å². The number of nitrogens with one attached hydrogen (secondary N) is 1. The minimum absolute atomic E-state index is 0.279. The van der Waals surface area contributed by atoms with Gasteiger partial charge in [0, 0.05) is 12.6 Å². The number of aromatic nitrogens is 2. The highest BCUT2D eigenvalue weighted by Gasteiger charge is 2.08. The van der Waals surface area contributed by atoms with Crippen molar-refractivity contribution in [3.05, 3.63) is 12.4 Å². The Morgan fingerprint density at radius 2 is 2.18 bits per heavy atom. The van der Waals surface area contributed by atoms with Crippen LogP contribution in [0.5, 0.6) is 5.88 Å². The van der Waals surface area contributed by atoms with Crippen molar-refractivity contribution in [1.82, 2.24) is 9.97 Å². The van der Waals surface area contributed by atoms with E-state index in [0.29, 0.717) is 25.5 Å². The molecule has 0 aliphatic heterocycles. The summed E-state index contributed by atoms with van der Waals surface area (Å²) in [5.74, 6) is 1.56. The predicted octanol–water partition coefficient (Wildman–Crippen LogP) is 1.69. The van der Waals surface area contributed by atoms with Gasteiger partial charge in [-0.3, -0.25) is 0 Å². The third kappa shape index (κ3) is 4.99. The molecule has 0 radical (unpaired) electrons. The first-order valence-electron chi connectivity index (χ1n) is 6.00. The third-order valence-corrected chi connectivity index (χ3v) is 2.45. The molecule has 1 heterocycles. The van der Waals surface area contributed by atoms with Gasteiger partial charge in [-0.1, -0.05) is 13.8 Å². The Kier molecular flexibility index (Phi) is 5.69. The van der Waals surface area contributed by atoms with Crippen LogP contribution in [0.4, 0.5) is 5.82 Å². The predicted molar refractivity (Wildman–Crippen MR) is 67.2 cm³/mol. The Balaban J connectivity index is 2.38. The number of aliphatic hydroxyl groups excluding tert-OH is 1. The molecule has 1 unspecified atom stereocenters. The van der Waals surface area contributed by atoms with E-state index >= 15 is 0 Å². The maximum Gasteiger partial charge on any atom is 0.218 e. The van der Waals surface area contributed by atoms with E-state index in [2.05, 4.69) is 15.3 Å². The molecule has 5 nitrogen and oxygen atoms in total. The summed E-state index contributed by atoms with van der Waals surface area (Å²) in [6.45, 7) is 7.18. The highest BCUT2D eigenvalue weighted by molar-refractivity contribution is 5.36. The van der Waals surface area contributed by atoms with Crippen LogP contribution in [0.2, 0.25) is 0 Å². The molecular formula is C12H21N3O2. The zero-order chi connectivity index (χ0) is 12.7. The fourth-order valence-corrected chi connectivity index (χ4v) is 1.34. The zero-order valence-electron chi connectivity index (χ0n) is 10.7. The van der Waals surface area contributed by atoms with Crippen molar-refractivity contribution in [3.63, 3.8) is 0 Å². The Morgan fingerprint density at radius 1 is 1.41 bits per heavy atom. The van der Waals surface area contributed by atoms with Crippen LogP contribution in [-0.4, -0.2) is 34.3 Å². The molecule has 0 amide bonds. The van der Waals surface area contributed by atoms with Crippen LogP contribution in [0, 0.1) is 5.92 Å². The standard InChI is InChI=1S/C12H21N3O2/c1-4-17-12-7-11(14-8-15-12)13-6-5-10(16)9(2)3/h7-10,16H,4-6H2,1-3H3,(H,13,14,15). The molecule has 0 saturated heterocycles. The fraction of sp³-hybridized carbons (Fsp3) is 0.667. The molecule has 0 aliphatic rings. The second-order valence-corrected chi connectivity index (χ2v) is 4.20. The van der Waals surface area contributed by atoms with Crippen LogP contribution >= 0.6 is 0 Å². The summed E-state index contributed by atoms with van der Waals surface area (Å²) in [5, 5.41) is 12.8. The second kappa shape index (κ2) is 7.06. The first kappa shape index (κ1) is 13.7. The van der Waals surface area contributed by atoms with Gasteiger partial charge in [0.2, 0.25) is 5.88 Å². The maximum absolute atomic E-state index is 9.65.